The van der Waals surface area contributed by atoms with E-state index in [9.17, 15) is 0 Å². The first-order valence-corrected chi connectivity index (χ1v) is 5.44. The second-order valence-corrected chi connectivity index (χ2v) is 4.34. The molecule has 1 atom stereocenters. The molecule has 1 aromatic rings. The van der Waals surface area contributed by atoms with Crippen LogP contribution in [0.5, 0.6) is 0 Å². The summed E-state index contributed by atoms with van der Waals surface area (Å²) in [4.78, 5) is 0. The highest BCUT2D eigenvalue weighted by molar-refractivity contribution is 5.14. The lowest BCUT2D eigenvalue weighted by Crippen LogP contribution is -2.23. The number of benzene rings is 1. The van der Waals surface area contributed by atoms with Gasteiger partial charge in [0, 0.05) is 6.54 Å². The van der Waals surface area contributed by atoms with Crippen LogP contribution in [0.15, 0.2) is 30.3 Å². The molecule has 0 aliphatic carbocycles. The van der Waals surface area contributed by atoms with E-state index in [-0.39, 0.29) is 0 Å². The van der Waals surface area contributed by atoms with Crippen LogP contribution in [0.25, 0.3) is 0 Å². The van der Waals surface area contributed by atoms with Gasteiger partial charge in [-0.1, -0.05) is 51.1 Å². The minimum atomic E-state index is 0.749. The zero-order valence-corrected chi connectivity index (χ0v) is 9.46. The maximum Gasteiger partial charge on any atom is 0.0205 e. The Labute approximate surface area is 87.5 Å². The summed E-state index contributed by atoms with van der Waals surface area (Å²) in [5, 5.41) is 3.48. The van der Waals surface area contributed by atoms with Crippen LogP contribution in [0.3, 0.4) is 0 Å². The molecule has 1 nitrogen and oxygen atoms in total. The predicted molar refractivity (Wildman–Crippen MR) is 62.2 cm³/mol. The van der Waals surface area contributed by atoms with Crippen LogP contribution in [-0.2, 0) is 6.54 Å². The van der Waals surface area contributed by atoms with Crippen LogP contribution in [-0.4, -0.2) is 6.54 Å². The third-order valence-corrected chi connectivity index (χ3v) is 2.78. The summed E-state index contributed by atoms with van der Waals surface area (Å²) in [5.41, 5.74) is 1.36. The van der Waals surface area contributed by atoms with E-state index in [1.807, 2.05) is 0 Å². The molecule has 0 saturated heterocycles. The van der Waals surface area contributed by atoms with Gasteiger partial charge in [0.15, 0.2) is 0 Å². The predicted octanol–water partition coefficient (Wildman–Crippen LogP) is 3.07. The Kier molecular flexibility index (Phi) is 4.68. The maximum atomic E-state index is 3.48. The fourth-order valence-corrected chi connectivity index (χ4v) is 1.28. The molecule has 14 heavy (non-hydrogen) atoms. The molecule has 0 spiro atoms. The molecule has 1 N–H and O–H groups in total. The van der Waals surface area contributed by atoms with E-state index in [1.165, 1.54) is 5.56 Å². The van der Waals surface area contributed by atoms with E-state index in [4.69, 9.17) is 0 Å². The molecule has 0 unspecified atom stereocenters. The maximum absolute atomic E-state index is 3.48. The Morgan fingerprint density at radius 3 is 2.29 bits per heavy atom. The molecule has 0 heterocycles. The van der Waals surface area contributed by atoms with E-state index >= 15 is 0 Å². The summed E-state index contributed by atoms with van der Waals surface area (Å²) >= 11 is 0. The van der Waals surface area contributed by atoms with Gasteiger partial charge in [-0.3, -0.25) is 0 Å². The van der Waals surface area contributed by atoms with Crippen LogP contribution in [0, 0.1) is 11.8 Å². The molecule has 78 valence electrons. The Morgan fingerprint density at radius 1 is 1.07 bits per heavy atom. The fraction of sp³-hybridized carbons (Fsp3) is 0.538. The summed E-state index contributed by atoms with van der Waals surface area (Å²) in [6.07, 6.45) is 0. The number of hydrogen-bond acceptors (Lipinski definition) is 1. The van der Waals surface area contributed by atoms with Gasteiger partial charge in [0.1, 0.15) is 0 Å². The van der Waals surface area contributed by atoms with E-state index in [0.717, 1.165) is 24.9 Å². The first-order chi connectivity index (χ1) is 6.70. The smallest absolute Gasteiger partial charge is 0.0205 e. The molecule has 1 heteroatoms. The Bertz CT molecular complexity index is 241. The van der Waals surface area contributed by atoms with Crippen molar-refractivity contribution in [1.82, 2.24) is 5.32 Å². The van der Waals surface area contributed by atoms with Gasteiger partial charge >= 0.3 is 0 Å². The van der Waals surface area contributed by atoms with Crippen LogP contribution >= 0.6 is 0 Å². The minimum absolute atomic E-state index is 0.749. The molecule has 0 aromatic heterocycles. The molecule has 0 aliphatic heterocycles. The van der Waals surface area contributed by atoms with Gasteiger partial charge in [-0.25, -0.2) is 0 Å². The van der Waals surface area contributed by atoms with Crippen molar-refractivity contribution in [3.8, 4) is 0 Å². The highest BCUT2D eigenvalue weighted by Gasteiger charge is 2.05. The minimum Gasteiger partial charge on any atom is -0.312 e. The van der Waals surface area contributed by atoms with Crippen LogP contribution in [0.4, 0.5) is 0 Å². The first-order valence-electron chi connectivity index (χ1n) is 5.44. The lowest BCUT2D eigenvalue weighted by Gasteiger charge is -2.15. The molecule has 0 amide bonds. The van der Waals surface area contributed by atoms with Crippen molar-refractivity contribution in [3.05, 3.63) is 35.9 Å². The van der Waals surface area contributed by atoms with Gasteiger partial charge in [0.2, 0.25) is 0 Å². The van der Waals surface area contributed by atoms with Gasteiger partial charge < -0.3 is 5.32 Å². The van der Waals surface area contributed by atoms with Gasteiger partial charge in [-0.2, -0.15) is 0 Å². The number of rotatable bonds is 5. The van der Waals surface area contributed by atoms with E-state index in [0.29, 0.717) is 0 Å². The molecule has 0 fully saturated rings. The van der Waals surface area contributed by atoms with E-state index < -0.39 is 0 Å². The summed E-state index contributed by atoms with van der Waals surface area (Å²) in [7, 11) is 0. The summed E-state index contributed by atoms with van der Waals surface area (Å²) in [6, 6.07) is 10.5. The van der Waals surface area contributed by atoms with E-state index in [2.05, 4.69) is 56.4 Å². The third-order valence-electron chi connectivity index (χ3n) is 2.78. The van der Waals surface area contributed by atoms with Crippen molar-refractivity contribution in [2.75, 3.05) is 6.54 Å². The molecular weight excluding hydrogens is 170 g/mol. The molecule has 0 bridgehead atoms. The molecule has 0 aliphatic rings. The average molecular weight is 191 g/mol. The standard InChI is InChI=1S/C13H21N/c1-11(2)12(3)9-14-10-13-7-5-4-6-8-13/h4-8,11-12,14H,9-10H2,1-3H3/t12-/m1/s1. The SMILES string of the molecule is CC(C)[C@H](C)CNCc1ccccc1. The Morgan fingerprint density at radius 2 is 1.71 bits per heavy atom. The topological polar surface area (TPSA) is 12.0 Å². The van der Waals surface area contributed by atoms with Gasteiger partial charge in [-0.05, 0) is 23.9 Å². The number of hydrogen-bond donors (Lipinski definition) is 1. The summed E-state index contributed by atoms with van der Waals surface area (Å²) < 4.78 is 0. The third kappa shape index (κ3) is 3.93. The zero-order valence-electron chi connectivity index (χ0n) is 9.46. The Hall–Kier alpha value is -0.820. The molecule has 0 saturated carbocycles. The summed E-state index contributed by atoms with van der Waals surface area (Å²) in [5.74, 6) is 1.51. The van der Waals surface area contributed by atoms with Crippen molar-refractivity contribution in [1.29, 1.82) is 0 Å². The number of nitrogens with one attached hydrogen (secondary N) is 1. The zero-order chi connectivity index (χ0) is 10.4. The van der Waals surface area contributed by atoms with E-state index in [1.54, 1.807) is 0 Å². The normalized spacial score (nSPS) is 13.1. The highest BCUT2D eigenvalue weighted by Crippen LogP contribution is 2.08. The van der Waals surface area contributed by atoms with Gasteiger partial charge in [-0.15, -0.1) is 0 Å². The quantitative estimate of drug-likeness (QED) is 0.754. The van der Waals surface area contributed by atoms with Gasteiger partial charge in [0.25, 0.3) is 0 Å². The van der Waals surface area contributed by atoms with Crippen molar-refractivity contribution in [2.24, 2.45) is 11.8 Å². The molecular formula is C13H21N. The van der Waals surface area contributed by atoms with Crippen molar-refractivity contribution >= 4 is 0 Å². The monoisotopic (exact) mass is 191 g/mol. The van der Waals surface area contributed by atoms with Crippen molar-refractivity contribution < 1.29 is 0 Å². The average Bonchev–Trinajstić information content (AvgIpc) is 2.19. The second-order valence-electron chi connectivity index (χ2n) is 4.34. The lowest BCUT2D eigenvalue weighted by atomic mass is 9.98. The lowest BCUT2D eigenvalue weighted by molar-refractivity contribution is 0.392. The summed E-state index contributed by atoms with van der Waals surface area (Å²) in [6.45, 7) is 8.93. The molecule has 1 aromatic carbocycles. The van der Waals surface area contributed by atoms with Crippen molar-refractivity contribution in [2.45, 2.75) is 27.3 Å². The fourth-order valence-electron chi connectivity index (χ4n) is 1.28. The largest absolute Gasteiger partial charge is 0.312 e. The van der Waals surface area contributed by atoms with Gasteiger partial charge in [0.05, 0.1) is 0 Å². The molecule has 0 radical (unpaired) electrons. The molecule has 1 rings (SSSR count). The second kappa shape index (κ2) is 5.82. The van der Waals surface area contributed by atoms with Crippen LogP contribution in [0.1, 0.15) is 26.3 Å². The van der Waals surface area contributed by atoms with Crippen molar-refractivity contribution in [3.63, 3.8) is 0 Å². The highest BCUT2D eigenvalue weighted by atomic mass is 14.9. The van der Waals surface area contributed by atoms with Crippen LogP contribution in [0.2, 0.25) is 0 Å². The van der Waals surface area contributed by atoms with Crippen LogP contribution < -0.4 is 5.32 Å². The first kappa shape index (κ1) is 11.3. The Balaban J connectivity index is 2.22.